The fraction of sp³-hybridized carbons (Fsp3) is 1.00. The maximum atomic E-state index is 5.50. The van der Waals surface area contributed by atoms with Crippen LogP contribution in [0.5, 0.6) is 0 Å². The molecule has 0 bridgehead atoms. The van der Waals surface area contributed by atoms with E-state index in [2.05, 4.69) is 12.2 Å². The van der Waals surface area contributed by atoms with Crippen LogP contribution in [0.25, 0.3) is 0 Å². The fourth-order valence-electron chi connectivity index (χ4n) is 1.50. The Bertz CT molecular complexity index is 108. The van der Waals surface area contributed by atoms with Crippen molar-refractivity contribution in [1.82, 2.24) is 5.32 Å². The topological polar surface area (TPSA) is 30.5 Å². The van der Waals surface area contributed by atoms with Gasteiger partial charge in [-0.15, -0.1) is 0 Å². The number of methoxy groups -OCH3 is 1. The average Bonchev–Trinajstić information content (AvgIpc) is 2.27. The Kier molecular flexibility index (Phi) is 11.9. The molecule has 15 heavy (non-hydrogen) atoms. The van der Waals surface area contributed by atoms with E-state index in [1.165, 1.54) is 32.1 Å². The lowest BCUT2D eigenvalue weighted by molar-refractivity contribution is 0.0582. The molecule has 0 aromatic heterocycles. The molecule has 0 saturated heterocycles. The van der Waals surface area contributed by atoms with Gasteiger partial charge in [-0.25, -0.2) is 0 Å². The third-order valence-corrected chi connectivity index (χ3v) is 2.57. The first-order chi connectivity index (χ1) is 7.35. The molecule has 0 fully saturated rings. The predicted molar refractivity (Wildman–Crippen MR) is 64.3 cm³/mol. The van der Waals surface area contributed by atoms with E-state index < -0.39 is 0 Å². The molecular weight excluding hydrogens is 190 g/mol. The van der Waals surface area contributed by atoms with Crippen LogP contribution in [-0.4, -0.2) is 40.0 Å². The highest BCUT2D eigenvalue weighted by Crippen LogP contribution is 2.05. The molecule has 1 N–H and O–H groups in total. The molecule has 0 aromatic rings. The van der Waals surface area contributed by atoms with E-state index in [0.29, 0.717) is 19.3 Å². The number of hydrogen-bond donors (Lipinski definition) is 1. The molecule has 0 heterocycles. The third kappa shape index (κ3) is 10.2. The van der Waals surface area contributed by atoms with E-state index in [1.54, 1.807) is 7.11 Å². The molecule has 1 unspecified atom stereocenters. The second-order valence-corrected chi connectivity index (χ2v) is 3.90. The van der Waals surface area contributed by atoms with E-state index in [4.69, 9.17) is 9.47 Å². The van der Waals surface area contributed by atoms with E-state index >= 15 is 0 Å². The Morgan fingerprint density at radius 3 is 2.53 bits per heavy atom. The van der Waals surface area contributed by atoms with Crippen LogP contribution in [-0.2, 0) is 9.47 Å². The first kappa shape index (κ1) is 14.9. The lowest BCUT2D eigenvalue weighted by Crippen LogP contribution is -2.30. The van der Waals surface area contributed by atoms with E-state index in [1.807, 2.05) is 7.05 Å². The number of likely N-dealkylation sites (N-methyl/N-ethyl adjacent to an activating group) is 1. The summed E-state index contributed by atoms with van der Waals surface area (Å²) in [7, 11) is 3.70. The van der Waals surface area contributed by atoms with Crippen molar-refractivity contribution in [2.75, 3.05) is 34.0 Å². The molecule has 3 nitrogen and oxygen atoms in total. The third-order valence-electron chi connectivity index (χ3n) is 2.57. The van der Waals surface area contributed by atoms with Crippen molar-refractivity contribution in [2.45, 2.75) is 45.1 Å². The van der Waals surface area contributed by atoms with Crippen LogP contribution in [0.1, 0.15) is 39.0 Å². The molecule has 3 heteroatoms. The van der Waals surface area contributed by atoms with Crippen molar-refractivity contribution in [3.63, 3.8) is 0 Å². The van der Waals surface area contributed by atoms with Gasteiger partial charge < -0.3 is 14.8 Å². The van der Waals surface area contributed by atoms with Crippen molar-refractivity contribution in [3.8, 4) is 0 Å². The van der Waals surface area contributed by atoms with Gasteiger partial charge in [-0.1, -0.05) is 32.6 Å². The number of unbranched alkanes of at least 4 members (excludes halogenated alkanes) is 3. The standard InChI is InChI=1S/C12H27NO2/c1-4-5-6-7-8-12(13-2)11-15-10-9-14-3/h12-13H,4-11H2,1-3H3. The lowest BCUT2D eigenvalue weighted by Gasteiger charge is -2.16. The minimum atomic E-state index is 0.499. The van der Waals surface area contributed by atoms with Gasteiger partial charge in [-0.05, 0) is 13.5 Å². The summed E-state index contributed by atoms with van der Waals surface area (Å²) in [4.78, 5) is 0. The second-order valence-electron chi connectivity index (χ2n) is 3.90. The average molecular weight is 217 g/mol. The van der Waals surface area contributed by atoms with Crippen molar-refractivity contribution < 1.29 is 9.47 Å². The predicted octanol–water partition coefficient (Wildman–Crippen LogP) is 2.21. The largest absolute Gasteiger partial charge is 0.382 e. The summed E-state index contributed by atoms with van der Waals surface area (Å²) in [5.74, 6) is 0. The molecule has 0 aliphatic carbocycles. The quantitative estimate of drug-likeness (QED) is 0.538. The highest BCUT2D eigenvalue weighted by atomic mass is 16.5. The summed E-state index contributed by atoms with van der Waals surface area (Å²) in [6.07, 6.45) is 6.50. The minimum Gasteiger partial charge on any atom is -0.382 e. The summed E-state index contributed by atoms with van der Waals surface area (Å²) in [6.45, 7) is 4.42. The Balaban J connectivity index is 3.29. The Morgan fingerprint density at radius 1 is 1.13 bits per heavy atom. The molecule has 0 aliphatic rings. The van der Waals surface area contributed by atoms with Crippen LogP contribution in [0.15, 0.2) is 0 Å². The highest BCUT2D eigenvalue weighted by Gasteiger charge is 2.05. The lowest BCUT2D eigenvalue weighted by atomic mass is 10.1. The van der Waals surface area contributed by atoms with E-state index in [-0.39, 0.29) is 0 Å². The Hall–Kier alpha value is -0.120. The van der Waals surface area contributed by atoms with Crippen molar-refractivity contribution in [2.24, 2.45) is 0 Å². The van der Waals surface area contributed by atoms with Crippen molar-refractivity contribution in [1.29, 1.82) is 0 Å². The van der Waals surface area contributed by atoms with Gasteiger partial charge >= 0.3 is 0 Å². The van der Waals surface area contributed by atoms with E-state index in [0.717, 1.165) is 6.61 Å². The smallest absolute Gasteiger partial charge is 0.0701 e. The Morgan fingerprint density at radius 2 is 1.93 bits per heavy atom. The number of hydrogen-bond acceptors (Lipinski definition) is 3. The molecule has 0 aromatic carbocycles. The van der Waals surface area contributed by atoms with Crippen LogP contribution in [0.4, 0.5) is 0 Å². The summed E-state index contributed by atoms with van der Waals surface area (Å²) in [5.41, 5.74) is 0. The molecule has 0 amide bonds. The van der Waals surface area contributed by atoms with Crippen LogP contribution in [0, 0.1) is 0 Å². The van der Waals surface area contributed by atoms with Crippen molar-refractivity contribution >= 4 is 0 Å². The first-order valence-corrected chi connectivity index (χ1v) is 6.09. The van der Waals surface area contributed by atoms with E-state index in [9.17, 15) is 0 Å². The molecule has 0 radical (unpaired) electrons. The normalized spacial score (nSPS) is 13.0. The zero-order chi connectivity index (χ0) is 11.4. The molecular formula is C12H27NO2. The van der Waals surface area contributed by atoms with Crippen LogP contribution in [0.2, 0.25) is 0 Å². The monoisotopic (exact) mass is 217 g/mol. The summed E-state index contributed by atoms with van der Waals surface area (Å²) >= 11 is 0. The fourth-order valence-corrected chi connectivity index (χ4v) is 1.50. The van der Waals surface area contributed by atoms with Gasteiger partial charge in [-0.3, -0.25) is 0 Å². The molecule has 92 valence electrons. The maximum absolute atomic E-state index is 5.50. The van der Waals surface area contributed by atoms with Gasteiger partial charge in [0.2, 0.25) is 0 Å². The molecule has 0 saturated carbocycles. The van der Waals surface area contributed by atoms with Gasteiger partial charge in [0.05, 0.1) is 19.8 Å². The molecule has 0 aliphatic heterocycles. The minimum absolute atomic E-state index is 0.499. The van der Waals surface area contributed by atoms with Gasteiger partial charge in [0.25, 0.3) is 0 Å². The van der Waals surface area contributed by atoms with Crippen LogP contribution < -0.4 is 5.32 Å². The van der Waals surface area contributed by atoms with Gasteiger partial charge in [-0.2, -0.15) is 0 Å². The second kappa shape index (κ2) is 12.0. The van der Waals surface area contributed by atoms with Crippen LogP contribution in [0.3, 0.4) is 0 Å². The maximum Gasteiger partial charge on any atom is 0.0701 e. The van der Waals surface area contributed by atoms with Crippen LogP contribution >= 0.6 is 0 Å². The van der Waals surface area contributed by atoms with Gasteiger partial charge in [0.15, 0.2) is 0 Å². The number of nitrogens with one attached hydrogen (secondary N) is 1. The summed E-state index contributed by atoms with van der Waals surface area (Å²) in [6, 6.07) is 0.499. The first-order valence-electron chi connectivity index (χ1n) is 6.09. The molecule has 0 rings (SSSR count). The van der Waals surface area contributed by atoms with Gasteiger partial charge in [0.1, 0.15) is 0 Å². The van der Waals surface area contributed by atoms with Gasteiger partial charge in [0, 0.05) is 13.2 Å². The number of rotatable bonds is 11. The Labute approximate surface area is 94.5 Å². The zero-order valence-corrected chi connectivity index (χ0v) is 10.6. The summed E-state index contributed by atoms with van der Waals surface area (Å²) in [5, 5.41) is 3.29. The van der Waals surface area contributed by atoms with Crippen molar-refractivity contribution in [3.05, 3.63) is 0 Å². The summed E-state index contributed by atoms with van der Waals surface area (Å²) < 4.78 is 10.4. The zero-order valence-electron chi connectivity index (χ0n) is 10.6. The SMILES string of the molecule is CCCCCCC(COCCOC)NC. The number of ether oxygens (including phenoxy) is 2. The molecule has 0 spiro atoms. The highest BCUT2D eigenvalue weighted by molar-refractivity contribution is 4.63. The molecule has 1 atom stereocenters.